The molecule has 0 radical (unpaired) electrons. The van der Waals surface area contributed by atoms with Crippen LogP contribution in [0.25, 0.3) is 0 Å². The molecule has 1 heterocycles. The molecule has 0 bridgehead atoms. The molecule has 1 aromatic heterocycles. The molecule has 23 heavy (non-hydrogen) atoms. The van der Waals surface area contributed by atoms with Gasteiger partial charge in [0.15, 0.2) is 4.34 Å². The summed E-state index contributed by atoms with van der Waals surface area (Å²) < 4.78 is 14.3. The molecule has 0 aliphatic rings. The zero-order chi connectivity index (χ0) is 16.5. The Balaban J connectivity index is 1.77. The highest BCUT2D eigenvalue weighted by molar-refractivity contribution is 8.00. The van der Waals surface area contributed by atoms with Crippen LogP contribution in [-0.2, 0) is 10.5 Å². The third-order valence-corrected chi connectivity index (χ3v) is 5.24. The number of unbranched alkanes of at least 4 members (excludes halogenated alkanes) is 3. The Morgan fingerprint density at radius 3 is 2.87 bits per heavy atom. The van der Waals surface area contributed by atoms with E-state index >= 15 is 0 Å². The summed E-state index contributed by atoms with van der Waals surface area (Å²) in [5.74, 6) is 0.250. The minimum Gasteiger partial charge on any atom is -0.301 e. The van der Waals surface area contributed by atoms with Crippen molar-refractivity contribution in [1.82, 2.24) is 10.2 Å². The Labute approximate surface area is 143 Å². The average molecular weight is 353 g/mol. The number of hydrogen-bond donors (Lipinski definition) is 1. The van der Waals surface area contributed by atoms with Gasteiger partial charge in [0.1, 0.15) is 5.82 Å². The van der Waals surface area contributed by atoms with Crippen molar-refractivity contribution in [1.29, 1.82) is 0 Å². The van der Waals surface area contributed by atoms with E-state index in [1.165, 1.54) is 29.2 Å². The van der Waals surface area contributed by atoms with Crippen LogP contribution in [0.15, 0.2) is 28.6 Å². The van der Waals surface area contributed by atoms with Gasteiger partial charge in [0.25, 0.3) is 0 Å². The van der Waals surface area contributed by atoms with Gasteiger partial charge >= 0.3 is 0 Å². The van der Waals surface area contributed by atoms with Gasteiger partial charge in [-0.3, -0.25) is 4.79 Å². The monoisotopic (exact) mass is 353 g/mol. The molecule has 0 saturated carbocycles. The van der Waals surface area contributed by atoms with Crippen LogP contribution in [0.4, 0.5) is 9.52 Å². The van der Waals surface area contributed by atoms with E-state index in [1.807, 2.05) is 6.07 Å². The molecule has 124 valence electrons. The average Bonchev–Trinajstić information content (AvgIpc) is 2.98. The molecular formula is C16H20FN3OS2. The first-order valence-corrected chi connectivity index (χ1v) is 9.49. The molecule has 1 N–H and O–H groups in total. The van der Waals surface area contributed by atoms with Crippen LogP contribution in [0.3, 0.4) is 0 Å². The van der Waals surface area contributed by atoms with Gasteiger partial charge in [-0.2, -0.15) is 0 Å². The van der Waals surface area contributed by atoms with E-state index in [4.69, 9.17) is 0 Å². The van der Waals surface area contributed by atoms with Gasteiger partial charge in [0.2, 0.25) is 11.0 Å². The van der Waals surface area contributed by atoms with Crippen LogP contribution < -0.4 is 5.32 Å². The zero-order valence-corrected chi connectivity index (χ0v) is 14.7. The Kier molecular flexibility index (Phi) is 7.48. The maximum absolute atomic E-state index is 13.5. The molecule has 4 nitrogen and oxygen atoms in total. The number of benzene rings is 1. The second-order valence-electron chi connectivity index (χ2n) is 5.11. The number of rotatable bonds is 9. The highest BCUT2D eigenvalue weighted by atomic mass is 32.2. The Morgan fingerprint density at radius 1 is 1.26 bits per heavy atom. The van der Waals surface area contributed by atoms with Crippen LogP contribution in [0.1, 0.15) is 44.6 Å². The SMILES string of the molecule is CCCCCCC(=O)Nc1nnc(SCc2ccccc2F)s1. The third kappa shape index (κ3) is 6.27. The lowest BCUT2D eigenvalue weighted by molar-refractivity contribution is -0.116. The normalized spacial score (nSPS) is 10.7. The number of amides is 1. The molecule has 1 amide bonds. The van der Waals surface area contributed by atoms with Crippen molar-refractivity contribution in [2.24, 2.45) is 0 Å². The van der Waals surface area contributed by atoms with E-state index in [1.54, 1.807) is 12.1 Å². The first-order chi connectivity index (χ1) is 11.2. The molecule has 2 rings (SSSR count). The van der Waals surface area contributed by atoms with Crippen LogP contribution in [0.2, 0.25) is 0 Å². The molecule has 1 aromatic carbocycles. The quantitative estimate of drug-likeness (QED) is 0.397. The topological polar surface area (TPSA) is 54.9 Å². The lowest BCUT2D eigenvalue weighted by atomic mass is 10.1. The number of nitrogens with one attached hydrogen (secondary N) is 1. The fraction of sp³-hybridized carbons (Fsp3) is 0.438. The number of carbonyl (C=O) groups is 1. The van der Waals surface area contributed by atoms with Crippen molar-refractivity contribution in [3.8, 4) is 0 Å². The maximum atomic E-state index is 13.5. The maximum Gasteiger partial charge on any atom is 0.226 e. The van der Waals surface area contributed by atoms with Crippen LogP contribution in [0.5, 0.6) is 0 Å². The van der Waals surface area contributed by atoms with Gasteiger partial charge in [-0.05, 0) is 18.1 Å². The van der Waals surface area contributed by atoms with Crippen LogP contribution >= 0.6 is 23.1 Å². The fourth-order valence-corrected chi connectivity index (χ4v) is 3.72. The van der Waals surface area contributed by atoms with Crippen molar-refractivity contribution in [2.75, 3.05) is 5.32 Å². The summed E-state index contributed by atoms with van der Waals surface area (Å²) in [5.41, 5.74) is 0.634. The van der Waals surface area contributed by atoms with Crippen molar-refractivity contribution in [2.45, 2.75) is 49.1 Å². The van der Waals surface area contributed by atoms with E-state index in [-0.39, 0.29) is 11.7 Å². The number of halogens is 1. The smallest absolute Gasteiger partial charge is 0.226 e. The molecule has 0 saturated heterocycles. The van der Waals surface area contributed by atoms with Crippen molar-refractivity contribution in [3.05, 3.63) is 35.6 Å². The third-order valence-electron chi connectivity index (χ3n) is 3.22. The summed E-state index contributed by atoms with van der Waals surface area (Å²) in [5, 5.41) is 11.2. The number of hydrogen-bond acceptors (Lipinski definition) is 5. The predicted octanol–water partition coefficient (Wildman–Crippen LogP) is 4.88. The van der Waals surface area contributed by atoms with Gasteiger partial charge < -0.3 is 5.32 Å². The first kappa shape index (κ1) is 17.9. The summed E-state index contributed by atoms with van der Waals surface area (Å²) in [6.45, 7) is 2.14. The van der Waals surface area contributed by atoms with Crippen LogP contribution in [0, 0.1) is 5.82 Å². The van der Waals surface area contributed by atoms with Crippen molar-refractivity contribution < 1.29 is 9.18 Å². The van der Waals surface area contributed by atoms with E-state index in [9.17, 15) is 9.18 Å². The van der Waals surface area contributed by atoms with Gasteiger partial charge in [0, 0.05) is 12.2 Å². The number of anilines is 1. The van der Waals surface area contributed by atoms with Crippen LogP contribution in [-0.4, -0.2) is 16.1 Å². The first-order valence-electron chi connectivity index (χ1n) is 7.68. The lowest BCUT2D eigenvalue weighted by Gasteiger charge is -2.00. The van der Waals surface area contributed by atoms with Gasteiger partial charge in [-0.1, -0.05) is 67.5 Å². The lowest BCUT2D eigenvalue weighted by Crippen LogP contribution is -2.10. The largest absolute Gasteiger partial charge is 0.301 e. The minimum atomic E-state index is -0.217. The molecule has 7 heteroatoms. The van der Waals surface area contributed by atoms with E-state index in [0.29, 0.717) is 22.9 Å². The number of aromatic nitrogens is 2. The second kappa shape index (κ2) is 9.62. The Bertz CT molecular complexity index is 633. The summed E-state index contributed by atoms with van der Waals surface area (Å²) in [7, 11) is 0. The number of thioether (sulfide) groups is 1. The standard InChI is InChI=1S/C16H20FN3OS2/c1-2-3-4-5-10-14(21)18-15-19-20-16(23-15)22-11-12-8-6-7-9-13(12)17/h6-9H,2-5,10-11H2,1H3,(H,18,19,21). The predicted molar refractivity (Wildman–Crippen MR) is 93.3 cm³/mol. The molecule has 0 spiro atoms. The fourth-order valence-electron chi connectivity index (χ4n) is 1.97. The Hall–Kier alpha value is -1.47. The zero-order valence-electron chi connectivity index (χ0n) is 13.0. The van der Waals surface area contributed by atoms with E-state index < -0.39 is 0 Å². The summed E-state index contributed by atoms with van der Waals surface area (Å²) in [4.78, 5) is 11.8. The number of nitrogens with zero attached hydrogens (tertiary/aromatic N) is 2. The second-order valence-corrected chi connectivity index (χ2v) is 7.31. The molecule has 0 aliphatic heterocycles. The minimum absolute atomic E-state index is 0.0251. The Morgan fingerprint density at radius 2 is 2.09 bits per heavy atom. The van der Waals surface area contributed by atoms with Gasteiger partial charge in [0.05, 0.1) is 0 Å². The van der Waals surface area contributed by atoms with Gasteiger partial charge in [-0.25, -0.2) is 4.39 Å². The summed E-state index contributed by atoms with van der Waals surface area (Å²) >= 11 is 2.73. The molecular weight excluding hydrogens is 333 g/mol. The number of carbonyl (C=O) groups excluding carboxylic acids is 1. The molecule has 0 fully saturated rings. The van der Waals surface area contributed by atoms with E-state index in [2.05, 4.69) is 22.4 Å². The molecule has 2 aromatic rings. The molecule has 0 atom stereocenters. The summed E-state index contributed by atoms with van der Waals surface area (Å²) in [6, 6.07) is 6.68. The van der Waals surface area contributed by atoms with E-state index in [0.717, 1.165) is 30.0 Å². The molecule has 0 aliphatic carbocycles. The highest BCUT2D eigenvalue weighted by Gasteiger charge is 2.09. The van der Waals surface area contributed by atoms with Gasteiger partial charge in [-0.15, -0.1) is 10.2 Å². The molecule has 0 unspecified atom stereocenters. The highest BCUT2D eigenvalue weighted by Crippen LogP contribution is 2.29. The van der Waals surface area contributed by atoms with Crippen molar-refractivity contribution >= 4 is 34.1 Å². The summed E-state index contributed by atoms with van der Waals surface area (Å²) in [6.07, 6.45) is 4.79. The van der Waals surface area contributed by atoms with Crippen molar-refractivity contribution in [3.63, 3.8) is 0 Å².